The number of hydrogen-bond donors (Lipinski definition) is 1. The van der Waals surface area contributed by atoms with Crippen LogP contribution in [0.15, 0.2) is 0 Å². The lowest BCUT2D eigenvalue weighted by atomic mass is 9.99. The second-order valence-electron chi connectivity index (χ2n) is 5.95. The molecule has 2 N–H and O–H groups in total. The highest BCUT2D eigenvalue weighted by atomic mass is 16.5. The van der Waals surface area contributed by atoms with Crippen LogP contribution in [0.4, 0.5) is 0 Å². The molecule has 0 aromatic heterocycles. The normalized spacial score (nSPS) is 42.9. The number of hydrogen-bond acceptors (Lipinski definition) is 4. The molecule has 0 spiro atoms. The minimum atomic E-state index is -0.742. The molecular weight excluding hydrogens is 216 g/mol. The van der Waals surface area contributed by atoms with Crippen LogP contribution < -0.4 is 5.73 Å². The molecule has 2 fully saturated rings. The van der Waals surface area contributed by atoms with E-state index in [4.69, 9.17) is 10.5 Å². The van der Waals surface area contributed by atoms with E-state index < -0.39 is 5.54 Å². The molecule has 98 valence electrons. The van der Waals surface area contributed by atoms with Crippen molar-refractivity contribution < 1.29 is 9.53 Å². The molecule has 1 aliphatic carbocycles. The number of methoxy groups -OCH3 is 1. The van der Waals surface area contributed by atoms with Crippen LogP contribution in [0.25, 0.3) is 0 Å². The fraction of sp³-hybridized carbons (Fsp3) is 0.923. The van der Waals surface area contributed by atoms with Crippen molar-refractivity contribution in [1.29, 1.82) is 0 Å². The van der Waals surface area contributed by atoms with Crippen molar-refractivity contribution in [1.82, 2.24) is 4.90 Å². The summed E-state index contributed by atoms with van der Waals surface area (Å²) in [6, 6.07) is 0.464. The largest absolute Gasteiger partial charge is 0.468 e. The highest BCUT2D eigenvalue weighted by molar-refractivity contribution is 5.81. The Morgan fingerprint density at radius 1 is 1.35 bits per heavy atom. The summed E-state index contributed by atoms with van der Waals surface area (Å²) in [6.07, 6.45) is 2.52. The van der Waals surface area contributed by atoms with Gasteiger partial charge >= 0.3 is 5.97 Å². The predicted molar refractivity (Wildman–Crippen MR) is 66.5 cm³/mol. The standard InChI is InChI=1S/C13H24N2O2/c1-9-7-15(8-10(9)2)11-4-5-13(14,6-11)12(16)17-3/h9-11H,4-8,14H2,1-3H3. The molecule has 4 heteroatoms. The first-order chi connectivity index (χ1) is 7.96. The van der Waals surface area contributed by atoms with Gasteiger partial charge in [0.25, 0.3) is 0 Å². The van der Waals surface area contributed by atoms with E-state index in [0.717, 1.165) is 44.2 Å². The molecule has 0 amide bonds. The molecular formula is C13H24N2O2. The van der Waals surface area contributed by atoms with E-state index in [1.54, 1.807) is 0 Å². The summed E-state index contributed by atoms with van der Waals surface area (Å²) >= 11 is 0. The minimum absolute atomic E-state index is 0.250. The van der Waals surface area contributed by atoms with Gasteiger partial charge in [-0.3, -0.25) is 9.69 Å². The van der Waals surface area contributed by atoms with Crippen LogP contribution in [0, 0.1) is 11.8 Å². The molecule has 17 heavy (non-hydrogen) atoms. The molecule has 1 saturated carbocycles. The molecule has 0 bridgehead atoms. The summed E-state index contributed by atoms with van der Waals surface area (Å²) in [6.45, 7) is 6.89. The van der Waals surface area contributed by atoms with E-state index in [9.17, 15) is 4.79 Å². The second kappa shape index (κ2) is 4.58. The zero-order chi connectivity index (χ0) is 12.6. The summed E-state index contributed by atoms with van der Waals surface area (Å²) in [5, 5.41) is 0. The quantitative estimate of drug-likeness (QED) is 0.732. The topological polar surface area (TPSA) is 55.6 Å². The Kier molecular flexibility index (Phi) is 3.46. The number of carbonyl (C=O) groups excluding carboxylic acids is 1. The van der Waals surface area contributed by atoms with Gasteiger partial charge in [0.2, 0.25) is 0 Å². The maximum atomic E-state index is 11.7. The molecule has 4 atom stereocenters. The fourth-order valence-electron chi connectivity index (χ4n) is 3.22. The third-order valence-corrected chi connectivity index (χ3v) is 4.65. The number of rotatable bonds is 2. The van der Waals surface area contributed by atoms with Gasteiger partial charge in [-0.25, -0.2) is 0 Å². The zero-order valence-electron chi connectivity index (χ0n) is 11.1. The van der Waals surface area contributed by atoms with Crippen LogP contribution in [0.3, 0.4) is 0 Å². The van der Waals surface area contributed by atoms with Crippen LogP contribution in [0.2, 0.25) is 0 Å². The van der Waals surface area contributed by atoms with Crippen molar-refractivity contribution >= 4 is 5.97 Å². The van der Waals surface area contributed by atoms with Crippen molar-refractivity contribution in [2.24, 2.45) is 17.6 Å². The Morgan fingerprint density at radius 3 is 2.47 bits per heavy atom. The number of nitrogens with zero attached hydrogens (tertiary/aromatic N) is 1. The molecule has 0 aromatic carbocycles. The summed E-state index contributed by atoms with van der Waals surface area (Å²) in [5.74, 6) is 1.25. The summed E-state index contributed by atoms with van der Waals surface area (Å²) in [4.78, 5) is 14.2. The third kappa shape index (κ3) is 2.33. The van der Waals surface area contributed by atoms with Crippen molar-refractivity contribution in [2.75, 3.05) is 20.2 Å². The average molecular weight is 240 g/mol. The maximum absolute atomic E-state index is 11.7. The fourth-order valence-corrected chi connectivity index (χ4v) is 3.22. The lowest BCUT2D eigenvalue weighted by molar-refractivity contribution is -0.146. The lowest BCUT2D eigenvalue weighted by Gasteiger charge is -2.26. The van der Waals surface area contributed by atoms with Gasteiger partial charge in [0, 0.05) is 19.1 Å². The monoisotopic (exact) mass is 240 g/mol. The van der Waals surface area contributed by atoms with E-state index >= 15 is 0 Å². The zero-order valence-corrected chi connectivity index (χ0v) is 11.1. The van der Waals surface area contributed by atoms with Gasteiger partial charge in [-0.1, -0.05) is 13.8 Å². The van der Waals surface area contributed by atoms with E-state index in [-0.39, 0.29) is 5.97 Å². The van der Waals surface area contributed by atoms with E-state index in [0.29, 0.717) is 6.04 Å². The Hall–Kier alpha value is -0.610. The van der Waals surface area contributed by atoms with Crippen molar-refractivity contribution in [3.8, 4) is 0 Å². The molecule has 2 aliphatic rings. The molecule has 0 radical (unpaired) electrons. The number of likely N-dealkylation sites (tertiary alicyclic amines) is 1. The van der Waals surface area contributed by atoms with Gasteiger partial charge in [-0.15, -0.1) is 0 Å². The Bertz CT molecular complexity index is 298. The van der Waals surface area contributed by atoms with E-state index in [1.807, 2.05) is 0 Å². The van der Waals surface area contributed by atoms with E-state index in [2.05, 4.69) is 18.7 Å². The Morgan fingerprint density at radius 2 is 1.94 bits per heavy atom. The van der Waals surface area contributed by atoms with Crippen molar-refractivity contribution in [2.45, 2.75) is 44.7 Å². The first kappa shape index (κ1) is 12.8. The number of carbonyl (C=O) groups is 1. The molecule has 1 aliphatic heterocycles. The Balaban J connectivity index is 1.96. The highest BCUT2D eigenvalue weighted by Crippen LogP contribution is 2.35. The van der Waals surface area contributed by atoms with Gasteiger partial charge in [-0.05, 0) is 31.1 Å². The molecule has 4 nitrogen and oxygen atoms in total. The minimum Gasteiger partial charge on any atom is -0.468 e. The summed E-state index contributed by atoms with van der Waals surface area (Å²) in [7, 11) is 1.42. The van der Waals surface area contributed by atoms with Crippen LogP contribution in [0.5, 0.6) is 0 Å². The summed E-state index contributed by atoms with van der Waals surface area (Å²) in [5.41, 5.74) is 5.40. The van der Waals surface area contributed by atoms with Crippen LogP contribution in [-0.4, -0.2) is 42.6 Å². The molecule has 1 saturated heterocycles. The third-order valence-electron chi connectivity index (χ3n) is 4.65. The number of esters is 1. The molecule has 4 unspecified atom stereocenters. The first-order valence-electron chi connectivity index (χ1n) is 6.57. The number of nitrogens with two attached hydrogens (primary N) is 1. The molecule has 1 heterocycles. The maximum Gasteiger partial charge on any atom is 0.325 e. The van der Waals surface area contributed by atoms with Gasteiger partial charge in [0.05, 0.1) is 7.11 Å². The Labute approximate surface area is 103 Å². The highest BCUT2D eigenvalue weighted by Gasteiger charge is 2.46. The van der Waals surface area contributed by atoms with Gasteiger partial charge in [0.1, 0.15) is 5.54 Å². The molecule has 0 aromatic rings. The molecule has 2 rings (SSSR count). The van der Waals surface area contributed by atoms with Crippen LogP contribution in [0.1, 0.15) is 33.1 Å². The van der Waals surface area contributed by atoms with Crippen LogP contribution in [-0.2, 0) is 9.53 Å². The smallest absolute Gasteiger partial charge is 0.325 e. The van der Waals surface area contributed by atoms with Crippen LogP contribution >= 0.6 is 0 Å². The average Bonchev–Trinajstić information content (AvgIpc) is 2.84. The lowest BCUT2D eigenvalue weighted by Crippen LogP contribution is -2.48. The van der Waals surface area contributed by atoms with Crippen molar-refractivity contribution in [3.05, 3.63) is 0 Å². The predicted octanol–water partition coefficient (Wildman–Crippen LogP) is 0.997. The SMILES string of the molecule is COC(=O)C1(N)CCC(N2CC(C)C(C)C2)C1. The summed E-state index contributed by atoms with van der Waals surface area (Å²) < 4.78 is 4.81. The van der Waals surface area contributed by atoms with Gasteiger partial charge < -0.3 is 10.5 Å². The number of ether oxygens (including phenoxy) is 1. The van der Waals surface area contributed by atoms with Gasteiger partial charge in [0.15, 0.2) is 0 Å². The first-order valence-corrected chi connectivity index (χ1v) is 6.57. The van der Waals surface area contributed by atoms with Gasteiger partial charge in [-0.2, -0.15) is 0 Å². The van der Waals surface area contributed by atoms with Crippen molar-refractivity contribution in [3.63, 3.8) is 0 Å². The van der Waals surface area contributed by atoms with E-state index in [1.165, 1.54) is 7.11 Å². The second-order valence-corrected chi connectivity index (χ2v) is 5.95.